The second kappa shape index (κ2) is 7.17. The fraction of sp³-hybridized carbons (Fsp3) is 0.300. The Kier molecular flexibility index (Phi) is 4.58. The monoisotopic (exact) mass is 349 g/mol. The van der Waals surface area contributed by atoms with E-state index in [2.05, 4.69) is 26.3 Å². The van der Waals surface area contributed by atoms with Gasteiger partial charge in [-0.2, -0.15) is 0 Å². The van der Waals surface area contributed by atoms with Gasteiger partial charge in [-0.15, -0.1) is 0 Å². The topological polar surface area (TPSA) is 64.3 Å². The third-order valence-electron chi connectivity index (χ3n) is 4.78. The number of aryl methyl sites for hydroxylation is 1. The van der Waals surface area contributed by atoms with E-state index >= 15 is 0 Å². The quantitative estimate of drug-likeness (QED) is 0.763. The van der Waals surface area contributed by atoms with E-state index < -0.39 is 0 Å². The molecule has 0 radical (unpaired) electrons. The Morgan fingerprint density at radius 1 is 1.15 bits per heavy atom. The number of nitrogens with one attached hydrogen (secondary N) is 2. The molecule has 4 rings (SSSR count). The van der Waals surface area contributed by atoms with Crippen molar-refractivity contribution in [3.63, 3.8) is 0 Å². The Labute approximate surface area is 152 Å². The molecule has 2 aromatic heterocycles. The molecule has 1 aliphatic heterocycles. The van der Waals surface area contributed by atoms with E-state index in [0.29, 0.717) is 0 Å². The number of hydrogen-bond donors (Lipinski definition) is 2. The van der Waals surface area contributed by atoms with Crippen molar-refractivity contribution in [2.24, 2.45) is 0 Å². The number of fused-ring (bicyclic) bond motifs is 1. The summed E-state index contributed by atoms with van der Waals surface area (Å²) in [5.41, 5.74) is 4.11. The molecule has 1 saturated heterocycles. The molecule has 0 saturated carbocycles. The summed E-state index contributed by atoms with van der Waals surface area (Å²) in [6.07, 6.45) is 1.82. The number of benzene rings is 1. The van der Waals surface area contributed by atoms with E-state index in [1.807, 2.05) is 54.4 Å². The summed E-state index contributed by atoms with van der Waals surface area (Å²) in [7, 11) is 0. The number of pyridine rings is 1. The van der Waals surface area contributed by atoms with Crippen molar-refractivity contribution in [3.8, 4) is 0 Å². The van der Waals surface area contributed by atoms with Crippen LogP contribution in [0, 0.1) is 6.92 Å². The van der Waals surface area contributed by atoms with Gasteiger partial charge in [0.1, 0.15) is 0 Å². The number of nitrogens with zero attached hydrogens (tertiary/aromatic N) is 3. The highest BCUT2D eigenvalue weighted by molar-refractivity contribution is 5.93. The Morgan fingerprint density at radius 2 is 2.00 bits per heavy atom. The lowest BCUT2D eigenvalue weighted by atomic mass is 10.2. The van der Waals surface area contributed by atoms with Gasteiger partial charge in [0.05, 0.1) is 5.69 Å². The number of amides is 2. The zero-order chi connectivity index (χ0) is 17.9. The lowest BCUT2D eigenvalue weighted by Crippen LogP contribution is -2.49. The molecule has 0 unspecified atom stereocenters. The molecule has 0 spiro atoms. The fourth-order valence-electron chi connectivity index (χ4n) is 3.39. The maximum absolute atomic E-state index is 12.5. The van der Waals surface area contributed by atoms with Crippen LogP contribution < -0.4 is 5.32 Å². The van der Waals surface area contributed by atoms with E-state index in [9.17, 15) is 4.79 Å². The van der Waals surface area contributed by atoms with Crippen molar-refractivity contribution in [2.75, 3.05) is 31.5 Å². The van der Waals surface area contributed by atoms with E-state index in [4.69, 9.17) is 0 Å². The van der Waals surface area contributed by atoms with E-state index in [1.165, 1.54) is 0 Å². The van der Waals surface area contributed by atoms with Gasteiger partial charge in [-0.1, -0.05) is 6.07 Å². The standard InChI is InChI=1S/C20H23N5O/c1-15-12-16-13-17(5-6-19(16)22-15)23-20(26)25-10-8-24(9-11-25)14-18-4-2-3-7-21-18/h2-7,12-13,22H,8-11,14H2,1H3,(H,23,26). The molecular formula is C20H23N5O. The molecule has 1 aromatic carbocycles. The van der Waals surface area contributed by atoms with Crippen LogP contribution in [0.5, 0.6) is 0 Å². The molecule has 2 amide bonds. The maximum atomic E-state index is 12.5. The number of piperazine rings is 1. The molecule has 6 nitrogen and oxygen atoms in total. The minimum atomic E-state index is -0.0332. The highest BCUT2D eigenvalue weighted by atomic mass is 16.2. The average Bonchev–Trinajstić information content (AvgIpc) is 3.02. The highest BCUT2D eigenvalue weighted by Gasteiger charge is 2.21. The Morgan fingerprint density at radius 3 is 2.77 bits per heavy atom. The zero-order valence-corrected chi connectivity index (χ0v) is 14.9. The van der Waals surface area contributed by atoms with Crippen molar-refractivity contribution in [2.45, 2.75) is 13.5 Å². The molecule has 2 N–H and O–H groups in total. The zero-order valence-electron chi connectivity index (χ0n) is 14.9. The van der Waals surface area contributed by atoms with Crippen molar-refractivity contribution >= 4 is 22.6 Å². The Balaban J connectivity index is 1.32. The van der Waals surface area contributed by atoms with Gasteiger partial charge in [-0.3, -0.25) is 9.88 Å². The summed E-state index contributed by atoms with van der Waals surface area (Å²) in [6.45, 7) is 6.04. The molecular weight excluding hydrogens is 326 g/mol. The number of urea groups is 1. The van der Waals surface area contributed by atoms with E-state index in [-0.39, 0.29) is 6.03 Å². The van der Waals surface area contributed by atoms with Crippen molar-refractivity contribution in [3.05, 3.63) is 60.0 Å². The highest BCUT2D eigenvalue weighted by Crippen LogP contribution is 2.20. The summed E-state index contributed by atoms with van der Waals surface area (Å²) < 4.78 is 0. The van der Waals surface area contributed by atoms with Gasteiger partial charge in [-0.25, -0.2) is 4.79 Å². The predicted octanol–water partition coefficient (Wildman–Crippen LogP) is 3.22. The number of aromatic amines is 1. The average molecular weight is 349 g/mol. The summed E-state index contributed by atoms with van der Waals surface area (Å²) in [5, 5.41) is 4.13. The molecule has 1 fully saturated rings. The van der Waals surface area contributed by atoms with Crippen LogP contribution in [0.4, 0.5) is 10.5 Å². The lowest BCUT2D eigenvalue weighted by molar-refractivity contribution is 0.142. The lowest BCUT2D eigenvalue weighted by Gasteiger charge is -2.34. The molecule has 1 aliphatic rings. The third kappa shape index (κ3) is 3.70. The first-order valence-corrected chi connectivity index (χ1v) is 8.95. The fourth-order valence-corrected chi connectivity index (χ4v) is 3.39. The van der Waals surface area contributed by atoms with Gasteiger partial charge >= 0.3 is 6.03 Å². The molecule has 0 atom stereocenters. The molecule has 6 heteroatoms. The summed E-state index contributed by atoms with van der Waals surface area (Å²) in [5.74, 6) is 0. The van der Waals surface area contributed by atoms with Crippen LogP contribution >= 0.6 is 0 Å². The molecule has 0 aliphatic carbocycles. The van der Waals surface area contributed by atoms with Gasteiger partial charge < -0.3 is 15.2 Å². The van der Waals surface area contributed by atoms with Crippen molar-refractivity contribution in [1.29, 1.82) is 0 Å². The van der Waals surface area contributed by atoms with Crippen LogP contribution in [-0.2, 0) is 6.54 Å². The van der Waals surface area contributed by atoms with Crippen LogP contribution in [0.2, 0.25) is 0 Å². The number of hydrogen-bond acceptors (Lipinski definition) is 3. The smallest absolute Gasteiger partial charge is 0.321 e. The van der Waals surface area contributed by atoms with Crippen LogP contribution in [-0.4, -0.2) is 52.0 Å². The number of rotatable bonds is 3. The Hall–Kier alpha value is -2.86. The normalized spacial score (nSPS) is 15.3. The minimum absolute atomic E-state index is 0.0332. The van der Waals surface area contributed by atoms with E-state index in [1.54, 1.807) is 0 Å². The summed E-state index contributed by atoms with van der Waals surface area (Å²) in [6, 6.07) is 14.0. The first kappa shape index (κ1) is 16.6. The second-order valence-corrected chi connectivity index (χ2v) is 6.77. The number of H-pyrrole nitrogens is 1. The van der Waals surface area contributed by atoms with Crippen LogP contribution in [0.1, 0.15) is 11.4 Å². The van der Waals surface area contributed by atoms with Crippen LogP contribution in [0.15, 0.2) is 48.7 Å². The second-order valence-electron chi connectivity index (χ2n) is 6.77. The van der Waals surface area contributed by atoms with Crippen molar-refractivity contribution in [1.82, 2.24) is 19.8 Å². The molecule has 26 heavy (non-hydrogen) atoms. The van der Waals surface area contributed by atoms with Crippen LogP contribution in [0.25, 0.3) is 10.9 Å². The minimum Gasteiger partial charge on any atom is -0.359 e. The number of aromatic nitrogens is 2. The molecule has 134 valence electrons. The van der Waals surface area contributed by atoms with Gasteiger partial charge in [0.25, 0.3) is 0 Å². The third-order valence-corrected chi connectivity index (χ3v) is 4.78. The van der Waals surface area contributed by atoms with Gasteiger partial charge in [0.15, 0.2) is 0 Å². The maximum Gasteiger partial charge on any atom is 0.321 e. The van der Waals surface area contributed by atoms with Crippen molar-refractivity contribution < 1.29 is 4.79 Å². The SMILES string of the molecule is Cc1cc2cc(NC(=O)N3CCN(Cc4ccccn4)CC3)ccc2[nH]1. The molecule has 3 aromatic rings. The first-order chi connectivity index (χ1) is 12.7. The summed E-state index contributed by atoms with van der Waals surface area (Å²) in [4.78, 5) is 24.4. The molecule has 0 bridgehead atoms. The van der Waals surface area contributed by atoms with E-state index in [0.717, 1.165) is 60.7 Å². The first-order valence-electron chi connectivity index (χ1n) is 8.95. The number of carbonyl (C=O) groups excluding carboxylic acids is 1. The van der Waals surface area contributed by atoms with Gasteiger partial charge in [0.2, 0.25) is 0 Å². The number of anilines is 1. The van der Waals surface area contributed by atoms with Gasteiger partial charge in [0, 0.05) is 61.2 Å². The summed E-state index contributed by atoms with van der Waals surface area (Å²) >= 11 is 0. The molecule has 3 heterocycles. The predicted molar refractivity (Wildman–Crippen MR) is 103 cm³/mol. The Bertz CT molecular complexity index is 897. The largest absolute Gasteiger partial charge is 0.359 e. The van der Waals surface area contributed by atoms with Crippen LogP contribution in [0.3, 0.4) is 0 Å². The van der Waals surface area contributed by atoms with Gasteiger partial charge in [-0.05, 0) is 43.3 Å². The number of carbonyl (C=O) groups is 1.